The summed E-state index contributed by atoms with van der Waals surface area (Å²) in [6.45, 7) is 2.01. The number of hydrogen-bond acceptors (Lipinski definition) is 3. The number of hydrogen-bond donors (Lipinski definition) is 1. The lowest BCUT2D eigenvalue weighted by atomic mass is 10.3. The molecule has 0 aliphatic carbocycles. The largest absolute Gasteiger partial charge is 0.478 e. The van der Waals surface area contributed by atoms with E-state index in [9.17, 15) is 9.59 Å². The zero-order valence-electron chi connectivity index (χ0n) is 7.69. The summed E-state index contributed by atoms with van der Waals surface area (Å²) in [5.41, 5.74) is 0. The second-order valence-corrected chi connectivity index (χ2v) is 3.82. The Bertz CT molecular complexity index is 376. The first kappa shape index (κ1) is 10.7. The van der Waals surface area contributed by atoms with Gasteiger partial charge in [0.05, 0.1) is 4.88 Å². The highest BCUT2D eigenvalue weighted by Crippen LogP contribution is 2.17. The van der Waals surface area contributed by atoms with Gasteiger partial charge in [-0.1, -0.05) is 6.92 Å². The number of aliphatic carboxylic acids is 1. The van der Waals surface area contributed by atoms with Gasteiger partial charge in [-0.05, 0) is 24.6 Å². The molecule has 3 nitrogen and oxygen atoms in total. The van der Waals surface area contributed by atoms with E-state index < -0.39 is 5.97 Å². The number of ketones is 1. The van der Waals surface area contributed by atoms with Crippen molar-refractivity contribution in [3.05, 3.63) is 34.0 Å². The molecule has 0 spiro atoms. The van der Waals surface area contributed by atoms with Crippen LogP contribution in [0.5, 0.6) is 0 Å². The summed E-state index contributed by atoms with van der Waals surface area (Å²) in [5.74, 6) is -1.36. The lowest BCUT2D eigenvalue weighted by Crippen LogP contribution is -1.93. The number of rotatable bonds is 4. The van der Waals surface area contributed by atoms with E-state index in [1.54, 1.807) is 6.07 Å². The van der Waals surface area contributed by atoms with E-state index in [-0.39, 0.29) is 5.78 Å². The van der Waals surface area contributed by atoms with Crippen molar-refractivity contribution in [2.24, 2.45) is 0 Å². The van der Waals surface area contributed by atoms with Crippen molar-refractivity contribution in [2.45, 2.75) is 13.3 Å². The maximum atomic E-state index is 11.3. The standard InChI is InChI=1S/C10H10O3S/c1-2-7-3-5-9(14-7)8(11)4-6-10(12)13/h3-6H,2H2,1H3,(H,12,13)/b6-4+. The number of carbonyl (C=O) groups excluding carboxylic acids is 1. The Kier molecular flexibility index (Phi) is 3.59. The molecule has 0 unspecified atom stereocenters. The fourth-order valence-electron chi connectivity index (χ4n) is 0.929. The molecule has 0 bridgehead atoms. The van der Waals surface area contributed by atoms with Crippen LogP contribution in [0, 0.1) is 0 Å². The van der Waals surface area contributed by atoms with Gasteiger partial charge < -0.3 is 5.11 Å². The number of thiophene rings is 1. The predicted molar refractivity (Wildman–Crippen MR) is 54.8 cm³/mol. The summed E-state index contributed by atoms with van der Waals surface area (Å²) in [4.78, 5) is 23.2. The van der Waals surface area contributed by atoms with E-state index in [0.29, 0.717) is 4.88 Å². The van der Waals surface area contributed by atoms with Gasteiger partial charge in [-0.3, -0.25) is 4.79 Å². The Balaban J connectivity index is 2.74. The van der Waals surface area contributed by atoms with E-state index in [1.807, 2.05) is 13.0 Å². The van der Waals surface area contributed by atoms with E-state index in [2.05, 4.69) is 0 Å². The molecule has 74 valence electrons. The highest BCUT2D eigenvalue weighted by Gasteiger charge is 2.05. The van der Waals surface area contributed by atoms with Crippen molar-refractivity contribution in [2.75, 3.05) is 0 Å². The first-order valence-corrected chi connectivity index (χ1v) is 4.99. The molecular formula is C10H10O3S. The molecule has 1 aromatic heterocycles. The van der Waals surface area contributed by atoms with E-state index in [0.717, 1.165) is 23.5 Å². The lowest BCUT2D eigenvalue weighted by molar-refractivity contribution is -0.131. The van der Waals surface area contributed by atoms with Crippen molar-refractivity contribution < 1.29 is 14.7 Å². The fraction of sp³-hybridized carbons (Fsp3) is 0.200. The van der Waals surface area contributed by atoms with Crippen LogP contribution >= 0.6 is 11.3 Å². The highest BCUT2D eigenvalue weighted by molar-refractivity contribution is 7.14. The molecule has 0 saturated heterocycles. The maximum Gasteiger partial charge on any atom is 0.328 e. The summed E-state index contributed by atoms with van der Waals surface area (Å²) < 4.78 is 0. The number of carboxylic acid groups (broad SMARTS) is 1. The van der Waals surface area contributed by atoms with E-state index in [1.165, 1.54) is 11.3 Å². The summed E-state index contributed by atoms with van der Waals surface area (Å²) in [7, 11) is 0. The second kappa shape index (κ2) is 4.72. The van der Waals surface area contributed by atoms with Crippen LogP contribution in [-0.4, -0.2) is 16.9 Å². The number of carboxylic acids is 1. The number of aryl methyl sites for hydroxylation is 1. The van der Waals surface area contributed by atoms with Gasteiger partial charge in [0.15, 0.2) is 5.78 Å². The molecule has 14 heavy (non-hydrogen) atoms. The molecule has 4 heteroatoms. The molecule has 1 N–H and O–H groups in total. The van der Waals surface area contributed by atoms with Crippen molar-refractivity contribution in [1.82, 2.24) is 0 Å². The number of allylic oxidation sites excluding steroid dienone is 1. The molecule has 0 aromatic carbocycles. The zero-order valence-corrected chi connectivity index (χ0v) is 8.50. The maximum absolute atomic E-state index is 11.3. The molecule has 0 amide bonds. The Morgan fingerprint density at radius 2 is 2.14 bits per heavy atom. The third-order valence-electron chi connectivity index (χ3n) is 1.63. The molecule has 0 fully saturated rings. The van der Waals surface area contributed by atoms with Crippen molar-refractivity contribution >= 4 is 23.1 Å². The minimum Gasteiger partial charge on any atom is -0.478 e. The third kappa shape index (κ3) is 2.81. The summed E-state index contributed by atoms with van der Waals surface area (Å²) in [6, 6.07) is 3.60. The zero-order chi connectivity index (χ0) is 10.6. The Hall–Kier alpha value is -1.42. The van der Waals surface area contributed by atoms with Crippen molar-refractivity contribution in [1.29, 1.82) is 0 Å². The Labute approximate surface area is 85.7 Å². The van der Waals surface area contributed by atoms with Gasteiger partial charge in [0.25, 0.3) is 0 Å². The van der Waals surface area contributed by atoms with Crippen LogP contribution in [0.3, 0.4) is 0 Å². The lowest BCUT2D eigenvalue weighted by Gasteiger charge is -1.87. The van der Waals surface area contributed by atoms with Gasteiger partial charge in [-0.25, -0.2) is 4.79 Å². The molecule has 1 aromatic rings. The van der Waals surface area contributed by atoms with Gasteiger partial charge in [0, 0.05) is 11.0 Å². The monoisotopic (exact) mass is 210 g/mol. The van der Waals surface area contributed by atoms with Crippen LogP contribution in [0.1, 0.15) is 21.5 Å². The van der Waals surface area contributed by atoms with E-state index >= 15 is 0 Å². The first-order valence-electron chi connectivity index (χ1n) is 4.17. The third-order valence-corrected chi connectivity index (χ3v) is 2.87. The van der Waals surface area contributed by atoms with E-state index in [4.69, 9.17) is 5.11 Å². The van der Waals surface area contributed by atoms with Crippen LogP contribution < -0.4 is 0 Å². The molecule has 0 atom stereocenters. The van der Waals surface area contributed by atoms with Crippen LogP contribution in [0.25, 0.3) is 0 Å². The SMILES string of the molecule is CCc1ccc(C(=O)/C=C/C(=O)O)s1. The number of carbonyl (C=O) groups is 2. The molecule has 0 aliphatic rings. The molecular weight excluding hydrogens is 200 g/mol. The normalized spacial score (nSPS) is 10.6. The van der Waals surface area contributed by atoms with Crippen LogP contribution in [0.15, 0.2) is 24.3 Å². The van der Waals surface area contributed by atoms with Crippen molar-refractivity contribution in [3.8, 4) is 0 Å². The van der Waals surface area contributed by atoms with Crippen LogP contribution in [0.2, 0.25) is 0 Å². The molecule has 0 aliphatic heterocycles. The quantitative estimate of drug-likeness (QED) is 0.611. The molecule has 0 saturated carbocycles. The Morgan fingerprint density at radius 3 is 2.64 bits per heavy atom. The highest BCUT2D eigenvalue weighted by atomic mass is 32.1. The van der Waals surface area contributed by atoms with Gasteiger partial charge in [0.2, 0.25) is 0 Å². The smallest absolute Gasteiger partial charge is 0.328 e. The van der Waals surface area contributed by atoms with Crippen molar-refractivity contribution in [3.63, 3.8) is 0 Å². The predicted octanol–water partition coefficient (Wildman–Crippen LogP) is 2.13. The van der Waals surface area contributed by atoms with Gasteiger partial charge >= 0.3 is 5.97 Å². The van der Waals surface area contributed by atoms with Crippen LogP contribution in [-0.2, 0) is 11.2 Å². The minimum atomic E-state index is -1.11. The summed E-state index contributed by atoms with van der Waals surface area (Å²) >= 11 is 1.40. The summed E-state index contributed by atoms with van der Waals surface area (Å²) in [6.07, 6.45) is 2.82. The second-order valence-electron chi connectivity index (χ2n) is 2.66. The van der Waals surface area contributed by atoms with Gasteiger partial charge in [-0.2, -0.15) is 0 Å². The topological polar surface area (TPSA) is 54.4 Å². The molecule has 1 rings (SSSR count). The molecule has 1 heterocycles. The summed E-state index contributed by atoms with van der Waals surface area (Å²) in [5, 5.41) is 8.33. The average Bonchev–Trinajstić information content (AvgIpc) is 2.62. The van der Waals surface area contributed by atoms with Gasteiger partial charge in [0.1, 0.15) is 0 Å². The van der Waals surface area contributed by atoms with Gasteiger partial charge in [-0.15, -0.1) is 11.3 Å². The average molecular weight is 210 g/mol. The fourth-order valence-corrected chi connectivity index (χ4v) is 1.80. The minimum absolute atomic E-state index is 0.253. The van der Waals surface area contributed by atoms with Crippen LogP contribution in [0.4, 0.5) is 0 Å². The first-order chi connectivity index (χ1) is 6.63. The molecule has 0 radical (unpaired) electrons. The Morgan fingerprint density at radius 1 is 1.43 bits per heavy atom.